The molecule has 0 saturated heterocycles. The summed E-state index contributed by atoms with van der Waals surface area (Å²) in [6, 6.07) is 82.3. The standard InChI is InChI=1S/C55H37NS/c1-5-15-38(16-6-1)40-25-29-44(30-26-40)56(45-31-27-41(28-32-45)39-17-7-2-8-18-39)46-33-35-50-49(37-46)53-51(36-34-48-47-23-13-14-24-52(47)57-54(48)53)55(50,42-19-9-3-10-20-42)43-21-11-4-12-22-43/h1-37H. The summed E-state index contributed by atoms with van der Waals surface area (Å²) in [5.41, 5.74) is 15.5. The van der Waals surface area contributed by atoms with Gasteiger partial charge in [0.1, 0.15) is 0 Å². The van der Waals surface area contributed by atoms with E-state index in [4.69, 9.17) is 0 Å². The van der Waals surface area contributed by atoms with Crippen LogP contribution >= 0.6 is 11.3 Å². The minimum absolute atomic E-state index is 0.491. The predicted octanol–water partition coefficient (Wildman–Crippen LogP) is 15.2. The molecular formula is C55H37NS. The molecule has 1 aliphatic carbocycles. The Morgan fingerprint density at radius 2 is 0.807 bits per heavy atom. The molecule has 0 atom stereocenters. The number of hydrogen-bond donors (Lipinski definition) is 0. The van der Waals surface area contributed by atoms with Crippen molar-refractivity contribution >= 4 is 48.6 Å². The zero-order chi connectivity index (χ0) is 37.8. The quantitative estimate of drug-likeness (QED) is 0.157. The molecule has 0 bridgehead atoms. The minimum atomic E-state index is -0.491. The Morgan fingerprint density at radius 1 is 0.351 bits per heavy atom. The fourth-order valence-corrected chi connectivity index (χ4v) is 10.5. The molecule has 11 rings (SSSR count). The van der Waals surface area contributed by atoms with E-state index >= 15 is 0 Å². The molecule has 0 spiro atoms. The number of nitrogens with zero attached hydrogens (tertiary/aromatic N) is 1. The molecule has 0 aliphatic heterocycles. The van der Waals surface area contributed by atoms with E-state index in [1.165, 1.54) is 75.8 Å². The van der Waals surface area contributed by atoms with Crippen LogP contribution in [0.4, 0.5) is 17.1 Å². The average molecular weight is 744 g/mol. The molecule has 0 saturated carbocycles. The van der Waals surface area contributed by atoms with Crippen molar-refractivity contribution < 1.29 is 0 Å². The van der Waals surface area contributed by atoms with E-state index in [0.717, 1.165) is 17.1 Å². The number of fused-ring (bicyclic) bond motifs is 7. The van der Waals surface area contributed by atoms with Crippen LogP contribution < -0.4 is 4.90 Å². The van der Waals surface area contributed by atoms with Crippen LogP contribution in [-0.2, 0) is 5.41 Å². The maximum absolute atomic E-state index is 2.46. The Labute approximate surface area is 337 Å². The highest BCUT2D eigenvalue weighted by Crippen LogP contribution is 2.60. The van der Waals surface area contributed by atoms with Gasteiger partial charge in [0.2, 0.25) is 0 Å². The van der Waals surface area contributed by atoms with E-state index in [0.29, 0.717) is 0 Å². The molecule has 2 heteroatoms. The highest BCUT2D eigenvalue weighted by molar-refractivity contribution is 7.26. The lowest BCUT2D eigenvalue weighted by atomic mass is 9.67. The van der Waals surface area contributed by atoms with Crippen LogP contribution in [0, 0.1) is 0 Å². The van der Waals surface area contributed by atoms with Crippen LogP contribution in [0.25, 0.3) is 53.6 Å². The Morgan fingerprint density at radius 3 is 1.37 bits per heavy atom. The van der Waals surface area contributed by atoms with Gasteiger partial charge in [-0.05, 0) is 92.5 Å². The number of benzene rings is 9. The lowest BCUT2D eigenvalue weighted by Crippen LogP contribution is -2.28. The van der Waals surface area contributed by atoms with Crippen molar-refractivity contribution in [3.8, 4) is 33.4 Å². The van der Waals surface area contributed by atoms with Gasteiger partial charge in [-0.25, -0.2) is 0 Å². The molecule has 10 aromatic rings. The summed E-state index contributed by atoms with van der Waals surface area (Å²) in [5.74, 6) is 0. The Kier molecular flexibility index (Phi) is 7.98. The van der Waals surface area contributed by atoms with Crippen LogP contribution in [0.5, 0.6) is 0 Å². The Hall–Kier alpha value is -7.00. The van der Waals surface area contributed by atoms with Crippen LogP contribution in [0.15, 0.2) is 224 Å². The molecule has 0 radical (unpaired) electrons. The first-order valence-electron chi connectivity index (χ1n) is 19.6. The number of thiophene rings is 1. The third-order valence-corrected chi connectivity index (χ3v) is 13.0. The van der Waals surface area contributed by atoms with Crippen molar-refractivity contribution in [2.75, 3.05) is 4.90 Å². The van der Waals surface area contributed by atoms with Crippen molar-refractivity contribution in [3.05, 3.63) is 247 Å². The average Bonchev–Trinajstić information content (AvgIpc) is 3.82. The van der Waals surface area contributed by atoms with E-state index < -0.39 is 5.41 Å². The summed E-state index contributed by atoms with van der Waals surface area (Å²) >= 11 is 1.91. The first kappa shape index (κ1) is 33.3. The maximum Gasteiger partial charge on any atom is 0.0714 e. The molecule has 0 unspecified atom stereocenters. The van der Waals surface area contributed by atoms with E-state index in [1.807, 2.05) is 11.3 Å². The maximum atomic E-state index is 2.46. The first-order chi connectivity index (χ1) is 28.3. The van der Waals surface area contributed by atoms with Gasteiger partial charge in [0.15, 0.2) is 0 Å². The molecule has 57 heavy (non-hydrogen) atoms. The van der Waals surface area contributed by atoms with E-state index in [-0.39, 0.29) is 0 Å². The largest absolute Gasteiger partial charge is 0.310 e. The van der Waals surface area contributed by atoms with Gasteiger partial charge < -0.3 is 4.90 Å². The minimum Gasteiger partial charge on any atom is -0.310 e. The molecule has 268 valence electrons. The zero-order valence-corrected chi connectivity index (χ0v) is 32.0. The van der Waals surface area contributed by atoms with Crippen molar-refractivity contribution in [2.24, 2.45) is 0 Å². The summed E-state index contributed by atoms with van der Waals surface area (Å²) in [6.45, 7) is 0. The molecule has 0 N–H and O–H groups in total. The monoisotopic (exact) mass is 743 g/mol. The Balaban J connectivity index is 1.17. The van der Waals surface area contributed by atoms with Crippen molar-refractivity contribution in [1.82, 2.24) is 0 Å². The summed E-state index contributed by atoms with van der Waals surface area (Å²) in [6.07, 6.45) is 0. The van der Waals surface area contributed by atoms with Crippen LogP contribution in [0.3, 0.4) is 0 Å². The second kappa shape index (κ2) is 13.6. The second-order valence-corrected chi connectivity index (χ2v) is 15.9. The smallest absolute Gasteiger partial charge is 0.0714 e. The number of rotatable bonds is 7. The SMILES string of the molecule is c1ccc(-c2ccc(N(c3ccc(-c4ccccc4)cc3)c3ccc4c(c3)-c3c(ccc5c3sc3ccccc35)C4(c3ccccc3)c3ccccc3)cc2)cc1. The topological polar surface area (TPSA) is 3.24 Å². The Bertz CT molecular complexity index is 2900. The zero-order valence-electron chi connectivity index (χ0n) is 31.2. The van der Waals surface area contributed by atoms with Crippen LogP contribution in [-0.4, -0.2) is 0 Å². The van der Waals surface area contributed by atoms with Gasteiger partial charge in [0, 0.05) is 42.8 Å². The fourth-order valence-electron chi connectivity index (χ4n) is 9.20. The van der Waals surface area contributed by atoms with Crippen LogP contribution in [0.1, 0.15) is 22.3 Å². The molecule has 1 aliphatic rings. The van der Waals surface area contributed by atoms with Crippen molar-refractivity contribution in [3.63, 3.8) is 0 Å². The predicted molar refractivity (Wildman–Crippen MR) is 242 cm³/mol. The van der Waals surface area contributed by atoms with Gasteiger partial charge >= 0.3 is 0 Å². The fraction of sp³-hybridized carbons (Fsp3) is 0.0182. The number of anilines is 3. The van der Waals surface area contributed by atoms with Gasteiger partial charge in [0.05, 0.1) is 5.41 Å². The van der Waals surface area contributed by atoms with Gasteiger partial charge in [0.25, 0.3) is 0 Å². The molecule has 1 heterocycles. The van der Waals surface area contributed by atoms with Gasteiger partial charge in [-0.3, -0.25) is 0 Å². The van der Waals surface area contributed by atoms with E-state index in [9.17, 15) is 0 Å². The summed E-state index contributed by atoms with van der Waals surface area (Å²) < 4.78 is 2.65. The lowest BCUT2D eigenvalue weighted by Gasteiger charge is -2.34. The van der Waals surface area contributed by atoms with Crippen LogP contribution in [0.2, 0.25) is 0 Å². The van der Waals surface area contributed by atoms with E-state index in [2.05, 4.69) is 229 Å². The summed E-state index contributed by atoms with van der Waals surface area (Å²) in [5, 5.41) is 2.63. The second-order valence-electron chi connectivity index (χ2n) is 14.8. The normalized spacial score (nSPS) is 12.7. The highest BCUT2D eigenvalue weighted by Gasteiger charge is 2.47. The van der Waals surface area contributed by atoms with Gasteiger partial charge in [-0.2, -0.15) is 0 Å². The third-order valence-electron chi connectivity index (χ3n) is 11.8. The van der Waals surface area contributed by atoms with E-state index in [1.54, 1.807) is 0 Å². The third kappa shape index (κ3) is 5.37. The first-order valence-corrected chi connectivity index (χ1v) is 20.4. The van der Waals surface area contributed by atoms with Gasteiger partial charge in [-0.15, -0.1) is 11.3 Å². The molecule has 9 aromatic carbocycles. The summed E-state index contributed by atoms with van der Waals surface area (Å²) in [4.78, 5) is 2.42. The van der Waals surface area contributed by atoms with Gasteiger partial charge in [-0.1, -0.05) is 182 Å². The highest BCUT2D eigenvalue weighted by atomic mass is 32.1. The molecule has 1 nitrogen and oxygen atoms in total. The molecule has 1 aromatic heterocycles. The summed E-state index contributed by atoms with van der Waals surface area (Å²) in [7, 11) is 0. The van der Waals surface area contributed by atoms with Crippen molar-refractivity contribution in [1.29, 1.82) is 0 Å². The molecule has 0 fully saturated rings. The lowest BCUT2D eigenvalue weighted by molar-refractivity contribution is 0.769. The molecule has 0 amide bonds. The molecular weight excluding hydrogens is 707 g/mol. The van der Waals surface area contributed by atoms with Crippen molar-refractivity contribution in [2.45, 2.75) is 5.41 Å². The number of hydrogen-bond acceptors (Lipinski definition) is 2.